The zero-order chi connectivity index (χ0) is 13.3. The van der Waals surface area contributed by atoms with Gasteiger partial charge in [-0.3, -0.25) is 0 Å². The number of hydrogen-bond donors (Lipinski definition) is 1. The fraction of sp³-hybridized carbons (Fsp3) is 1.00. The maximum absolute atomic E-state index is 11.3. The molecule has 104 valence electrons. The molecule has 0 rings (SSSR count). The molecule has 0 aliphatic carbocycles. The summed E-state index contributed by atoms with van der Waals surface area (Å²) in [6, 6.07) is 0. The molecule has 4 heteroatoms. The van der Waals surface area contributed by atoms with Crippen molar-refractivity contribution in [3.05, 3.63) is 0 Å². The summed E-state index contributed by atoms with van der Waals surface area (Å²) in [4.78, 5) is 0. The van der Waals surface area contributed by atoms with Crippen LogP contribution in [0.5, 0.6) is 0 Å². The normalized spacial score (nSPS) is 14.2. The average Bonchev–Trinajstić information content (AvgIpc) is 2.24. The molecule has 0 aliphatic heterocycles. The predicted octanol–water partition coefficient (Wildman–Crippen LogP) is 2.47. The van der Waals surface area contributed by atoms with Crippen LogP contribution in [0.1, 0.15) is 47.0 Å². The van der Waals surface area contributed by atoms with Gasteiger partial charge in [0, 0.05) is 5.75 Å². The molecule has 1 N–H and O–H groups in total. The molecular weight excluding hydrogens is 234 g/mol. The molecule has 0 bridgehead atoms. The van der Waals surface area contributed by atoms with Crippen molar-refractivity contribution in [2.75, 3.05) is 24.6 Å². The zero-order valence-electron chi connectivity index (χ0n) is 11.8. The van der Waals surface area contributed by atoms with Crippen LogP contribution >= 0.6 is 0 Å². The predicted molar refractivity (Wildman–Crippen MR) is 75.1 cm³/mol. The number of sulfone groups is 1. The van der Waals surface area contributed by atoms with E-state index in [0.29, 0.717) is 17.6 Å². The van der Waals surface area contributed by atoms with Crippen molar-refractivity contribution in [1.82, 2.24) is 5.32 Å². The van der Waals surface area contributed by atoms with Gasteiger partial charge in [0.15, 0.2) is 0 Å². The summed E-state index contributed by atoms with van der Waals surface area (Å²) < 4.78 is 22.6. The van der Waals surface area contributed by atoms with Gasteiger partial charge in [-0.15, -0.1) is 0 Å². The van der Waals surface area contributed by atoms with Crippen molar-refractivity contribution in [1.29, 1.82) is 0 Å². The molecule has 0 radical (unpaired) electrons. The first kappa shape index (κ1) is 16.9. The third-order valence-corrected chi connectivity index (χ3v) is 4.75. The van der Waals surface area contributed by atoms with Crippen molar-refractivity contribution < 1.29 is 8.42 Å². The van der Waals surface area contributed by atoms with Crippen LogP contribution < -0.4 is 5.32 Å². The molecule has 0 spiro atoms. The van der Waals surface area contributed by atoms with Gasteiger partial charge >= 0.3 is 0 Å². The lowest BCUT2D eigenvalue weighted by Gasteiger charge is -2.12. The van der Waals surface area contributed by atoms with Gasteiger partial charge in [-0.2, -0.15) is 0 Å². The summed E-state index contributed by atoms with van der Waals surface area (Å²) in [5.74, 6) is 1.94. The SMILES string of the molecule is CCS(=O)(=O)CCCC(C)CCNCC(C)C. The minimum Gasteiger partial charge on any atom is -0.316 e. The van der Waals surface area contributed by atoms with E-state index in [0.717, 1.165) is 32.4 Å². The molecular formula is C13H29NO2S. The van der Waals surface area contributed by atoms with Gasteiger partial charge in [-0.05, 0) is 44.2 Å². The largest absolute Gasteiger partial charge is 0.316 e. The minimum absolute atomic E-state index is 0.275. The number of nitrogens with one attached hydrogen (secondary N) is 1. The van der Waals surface area contributed by atoms with Crippen LogP contribution in [0, 0.1) is 11.8 Å². The molecule has 0 aromatic heterocycles. The highest BCUT2D eigenvalue weighted by Crippen LogP contribution is 2.10. The Kier molecular flexibility index (Phi) is 8.88. The van der Waals surface area contributed by atoms with E-state index in [-0.39, 0.29) is 5.75 Å². The molecule has 0 heterocycles. The van der Waals surface area contributed by atoms with Gasteiger partial charge < -0.3 is 5.32 Å². The zero-order valence-corrected chi connectivity index (χ0v) is 12.6. The van der Waals surface area contributed by atoms with Crippen LogP contribution in [0.25, 0.3) is 0 Å². The summed E-state index contributed by atoms with van der Waals surface area (Å²) in [5, 5.41) is 3.42. The van der Waals surface area contributed by atoms with Gasteiger partial charge in [0.25, 0.3) is 0 Å². The molecule has 0 amide bonds. The maximum atomic E-state index is 11.3. The Morgan fingerprint density at radius 2 is 1.76 bits per heavy atom. The van der Waals surface area contributed by atoms with Crippen molar-refractivity contribution in [2.24, 2.45) is 11.8 Å². The molecule has 0 aromatic carbocycles. The molecule has 1 atom stereocenters. The Bertz CT molecular complexity index is 273. The van der Waals surface area contributed by atoms with Crippen LogP contribution in [0.3, 0.4) is 0 Å². The van der Waals surface area contributed by atoms with E-state index in [9.17, 15) is 8.42 Å². The van der Waals surface area contributed by atoms with Crippen LogP contribution in [0.15, 0.2) is 0 Å². The first-order chi connectivity index (χ1) is 7.87. The van der Waals surface area contributed by atoms with Crippen molar-refractivity contribution in [2.45, 2.75) is 47.0 Å². The van der Waals surface area contributed by atoms with E-state index in [1.54, 1.807) is 6.92 Å². The lowest BCUT2D eigenvalue weighted by Crippen LogP contribution is -2.22. The second-order valence-electron chi connectivity index (χ2n) is 5.37. The van der Waals surface area contributed by atoms with E-state index in [2.05, 4.69) is 26.1 Å². The van der Waals surface area contributed by atoms with Gasteiger partial charge in [0.1, 0.15) is 9.84 Å². The second-order valence-corrected chi connectivity index (χ2v) is 7.84. The standard InChI is InChI=1S/C13H29NO2S/c1-5-17(15,16)10-6-7-13(4)8-9-14-11-12(2)3/h12-14H,5-11H2,1-4H3. The van der Waals surface area contributed by atoms with Gasteiger partial charge in [-0.1, -0.05) is 27.7 Å². The lowest BCUT2D eigenvalue weighted by molar-refractivity contribution is 0.449. The molecule has 0 fully saturated rings. The van der Waals surface area contributed by atoms with E-state index < -0.39 is 9.84 Å². The van der Waals surface area contributed by atoms with Crippen LogP contribution in [0.2, 0.25) is 0 Å². The summed E-state index contributed by atoms with van der Waals surface area (Å²) in [7, 11) is -2.77. The number of hydrogen-bond acceptors (Lipinski definition) is 3. The van der Waals surface area contributed by atoms with E-state index in [4.69, 9.17) is 0 Å². The molecule has 3 nitrogen and oxygen atoms in total. The molecule has 1 unspecified atom stereocenters. The Labute approximate surface area is 107 Å². The van der Waals surface area contributed by atoms with Crippen LogP contribution in [0.4, 0.5) is 0 Å². The van der Waals surface area contributed by atoms with Gasteiger partial charge in [-0.25, -0.2) is 8.42 Å². The second kappa shape index (κ2) is 8.92. The van der Waals surface area contributed by atoms with Gasteiger partial charge in [0.05, 0.1) is 5.75 Å². The molecule has 0 saturated carbocycles. The first-order valence-corrected chi connectivity index (χ1v) is 8.60. The number of rotatable bonds is 10. The smallest absolute Gasteiger partial charge is 0.150 e. The molecule has 17 heavy (non-hydrogen) atoms. The Morgan fingerprint density at radius 3 is 2.29 bits per heavy atom. The molecule has 0 aromatic rings. The molecule has 0 saturated heterocycles. The Hall–Kier alpha value is -0.0900. The monoisotopic (exact) mass is 263 g/mol. The fourth-order valence-corrected chi connectivity index (χ4v) is 2.57. The van der Waals surface area contributed by atoms with E-state index in [1.807, 2.05) is 0 Å². The summed E-state index contributed by atoms with van der Waals surface area (Å²) in [6.45, 7) is 10.4. The topological polar surface area (TPSA) is 46.2 Å². The highest BCUT2D eigenvalue weighted by molar-refractivity contribution is 7.91. The van der Waals surface area contributed by atoms with Crippen molar-refractivity contribution in [3.63, 3.8) is 0 Å². The maximum Gasteiger partial charge on any atom is 0.150 e. The summed E-state index contributed by atoms with van der Waals surface area (Å²) in [6.07, 6.45) is 2.96. The van der Waals surface area contributed by atoms with Gasteiger partial charge in [0.2, 0.25) is 0 Å². The van der Waals surface area contributed by atoms with Crippen LogP contribution in [-0.4, -0.2) is 33.0 Å². The van der Waals surface area contributed by atoms with Crippen LogP contribution in [-0.2, 0) is 9.84 Å². The quantitative estimate of drug-likeness (QED) is 0.616. The van der Waals surface area contributed by atoms with E-state index >= 15 is 0 Å². The van der Waals surface area contributed by atoms with E-state index in [1.165, 1.54) is 0 Å². The average molecular weight is 263 g/mol. The Balaban J connectivity index is 3.50. The Morgan fingerprint density at radius 1 is 1.12 bits per heavy atom. The summed E-state index contributed by atoms with van der Waals surface area (Å²) in [5.41, 5.74) is 0. The lowest BCUT2D eigenvalue weighted by atomic mass is 10.0. The van der Waals surface area contributed by atoms with Crippen molar-refractivity contribution in [3.8, 4) is 0 Å². The summed E-state index contributed by atoms with van der Waals surface area (Å²) >= 11 is 0. The third-order valence-electron chi connectivity index (χ3n) is 2.96. The first-order valence-electron chi connectivity index (χ1n) is 6.78. The highest BCUT2D eigenvalue weighted by atomic mass is 32.2. The third kappa shape index (κ3) is 10.8. The minimum atomic E-state index is -2.77. The fourth-order valence-electron chi connectivity index (χ4n) is 1.68. The molecule has 0 aliphatic rings. The highest BCUT2D eigenvalue weighted by Gasteiger charge is 2.08. The van der Waals surface area contributed by atoms with Crippen molar-refractivity contribution >= 4 is 9.84 Å².